The van der Waals surface area contributed by atoms with Crippen molar-refractivity contribution in [1.82, 2.24) is 10.6 Å². The van der Waals surface area contributed by atoms with Crippen LogP contribution in [0.15, 0.2) is 38.0 Å². The lowest BCUT2D eigenvalue weighted by molar-refractivity contribution is -0.139. The minimum Gasteiger partial charge on any atom is -0.481 e. The number of allylic oxidation sites excluding steroid dienone is 4. The largest absolute Gasteiger partial charge is 0.481 e. The van der Waals surface area contributed by atoms with Gasteiger partial charge in [0.05, 0.1) is 41.9 Å². The molecule has 2 amide bonds. The normalized spacial score (nSPS) is 37.1. The predicted molar refractivity (Wildman–Crippen MR) is 213 cm³/mol. The van der Waals surface area contributed by atoms with Crippen molar-refractivity contribution in [3.8, 4) is 0 Å². The van der Waals surface area contributed by atoms with Crippen molar-refractivity contribution < 1.29 is 63.9 Å². The molecule has 8 bridgehead atoms. The Balaban J connectivity index is 1.52. The van der Waals surface area contributed by atoms with Gasteiger partial charge in [0.1, 0.15) is 5.66 Å². The zero-order chi connectivity index (χ0) is 44.3. The molecule has 9 N–H and O–H groups in total. The Bertz CT molecular complexity index is 2160. The highest BCUT2D eigenvalue weighted by atomic mass is 16.4. The SMILES string of the molecule is C[C@@]12CC(=O)N[C@]13C[C@H]1N=C(C[C@@H]4N=C5/C(=C6\N=C(C=C(N3)[C@H]2CCC(=O)O)[C@H](CC(=O)O)[C@H]6CCC(=O)O)C(=O)CC[C@H]5[C@@H]4CC(=O)O)[C@@](C)(CC(N)=O)[C@@H]1CCC(=O)O. The van der Waals surface area contributed by atoms with Crippen LogP contribution in [-0.4, -0.2) is 108 Å². The van der Waals surface area contributed by atoms with Crippen molar-refractivity contribution in [3.63, 3.8) is 0 Å². The molecule has 11 atom stereocenters. The fourth-order valence-corrected chi connectivity index (χ4v) is 12.1. The highest BCUT2D eigenvalue weighted by molar-refractivity contribution is 6.26. The van der Waals surface area contributed by atoms with Gasteiger partial charge < -0.3 is 41.9 Å². The zero-order valence-electron chi connectivity index (χ0n) is 34.0. The number of carboxylic acids is 5. The van der Waals surface area contributed by atoms with Gasteiger partial charge in [-0.3, -0.25) is 53.3 Å². The van der Waals surface area contributed by atoms with Crippen LogP contribution in [0.3, 0.4) is 0 Å². The van der Waals surface area contributed by atoms with E-state index in [4.69, 9.17) is 20.7 Å². The maximum absolute atomic E-state index is 14.2. The molecule has 0 unspecified atom stereocenters. The van der Waals surface area contributed by atoms with Crippen LogP contribution in [0.5, 0.6) is 0 Å². The smallest absolute Gasteiger partial charge is 0.304 e. The van der Waals surface area contributed by atoms with E-state index in [-0.39, 0.29) is 112 Å². The van der Waals surface area contributed by atoms with Crippen molar-refractivity contribution in [3.05, 3.63) is 23.0 Å². The fraction of sp³-hybridized carbons (Fsp3) is 0.643. The van der Waals surface area contributed by atoms with E-state index in [1.807, 2.05) is 6.92 Å². The number of carbonyl (C=O) groups excluding carboxylic acids is 3. The van der Waals surface area contributed by atoms with Gasteiger partial charge in [-0.25, -0.2) is 0 Å². The maximum atomic E-state index is 14.2. The second kappa shape index (κ2) is 15.9. The van der Waals surface area contributed by atoms with Crippen LogP contribution in [0, 0.1) is 46.3 Å². The molecule has 0 radical (unpaired) electrons. The summed E-state index contributed by atoms with van der Waals surface area (Å²) in [5, 5.41) is 56.8. The lowest BCUT2D eigenvalue weighted by atomic mass is 9.63. The highest BCUT2D eigenvalue weighted by Crippen LogP contribution is 2.59. The third kappa shape index (κ3) is 7.75. The summed E-state index contributed by atoms with van der Waals surface area (Å²) < 4.78 is 0. The Morgan fingerprint density at radius 3 is 2.11 bits per heavy atom. The Morgan fingerprint density at radius 1 is 0.820 bits per heavy atom. The molecule has 1 saturated carbocycles. The zero-order valence-corrected chi connectivity index (χ0v) is 34.0. The average molecular weight is 849 g/mol. The van der Waals surface area contributed by atoms with Crippen LogP contribution in [0.4, 0.5) is 0 Å². The highest BCUT2D eigenvalue weighted by Gasteiger charge is 2.66. The van der Waals surface area contributed by atoms with Crippen LogP contribution < -0.4 is 16.4 Å². The molecule has 0 aromatic carbocycles. The summed E-state index contributed by atoms with van der Waals surface area (Å²) >= 11 is 0. The number of hydrogen-bond acceptors (Lipinski definition) is 12. The van der Waals surface area contributed by atoms with E-state index in [2.05, 4.69) is 10.6 Å². The van der Waals surface area contributed by atoms with Gasteiger partial charge in [0.15, 0.2) is 5.78 Å². The van der Waals surface area contributed by atoms with E-state index >= 15 is 0 Å². The third-order valence-electron chi connectivity index (χ3n) is 14.8. The number of rotatable bonds is 15. The standard InChI is InChI=1S/C42H52N6O13/c1-40(16-30(43)50)22(5-9-33(54)55)27-15-42-41(2,17-31(51)48-42)23(6-10-34(56)57)26(47-42)13-24-20(11-35(58)59)19(4-8-32(52)53)39(45-24)37-28(49)7-3-18-21(12-36(60)61)25(46-38(18)37)14-29(40)44-27/h13,18-23,25,27,47H,3-12,14-17H2,1-2H3,(H2,43,50)(H,48,51)(H,52,53)(H,54,55)(H,56,57)(H,58,59)(H,60,61)/b26-13?,39-37-/t18-,19+,20+,21-,22+,23+,25-,27+,40-,41-,42+/m0/s1. The molecule has 328 valence electrons. The van der Waals surface area contributed by atoms with Gasteiger partial charge in [0.25, 0.3) is 0 Å². The number of nitrogens with one attached hydrogen (secondary N) is 2. The molecule has 1 spiro atoms. The molecular formula is C42H52N6O13. The number of amides is 2. The molecule has 7 rings (SSSR count). The molecule has 7 aliphatic rings. The number of carbonyl (C=O) groups is 8. The fourth-order valence-electron chi connectivity index (χ4n) is 12.1. The molecule has 6 aliphatic heterocycles. The maximum Gasteiger partial charge on any atom is 0.304 e. The predicted octanol–water partition coefficient (Wildman–Crippen LogP) is 2.33. The molecule has 0 aromatic heterocycles. The summed E-state index contributed by atoms with van der Waals surface area (Å²) in [6.45, 7) is 3.63. The number of hydrogen-bond donors (Lipinski definition) is 8. The van der Waals surface area contributed by atoms with Crippen molar-refractivity contribution in [2.45, 2.75) is 121 Å². The first-order valence-electron chi connectivity index (χ1n) is 20.9. The summed E-state index contributed by atoms with van der Waals surface area (Å²) in [5.41, 5.74) is 4.03. The lowest BCUT2D eigenvalue weighted by Crippen LogP contribution is -2.59. The van der Waals surface area contributed by atoms with Crippen LogP contribution in [-0.2, 0) is 38.4 Å². The molecule has 0 aromatic rings. The van der Waals surface area contributed by atoms with E-state index in [1.165, 1.54) is 0 Å². The summed E-state index contributed by atoms with van der Waals surface area (Å²) in [5.74, 6) is -11.4. The van der Waals surface area contributed by atoms with Gasteiger partial charge in [0.2, 0.25) is 11.8 Å². The Hall–Kier alpha value is -5.75. The van der Waals surface area contributed by atoms with Gasteiger partial charge >= 0.3 is 29.8 Å². The van der Waals surface area contributed by atoms with Gasteiger partial charge in [-0.15, -0.1) is 0 Å². The van der Waals surface area contributed by atoms with Gasteiger partial charge in [0, 0.05) is 109 Å². The number of primary amides is 1. The van der Waals surface area contributed by atoms with Crippen LogP contribution in [0.2, 0.25) is 0 Å². The van der Waals surface area contributed by atoms with Crippen molar-refractivity contribution in [2.24, 2.45) is 67.0 Å². The number of aliphatic imine (C=N–C) groups is 3. The van der Waals surface area contributed by atoms with Gasteiger partial charge in [-0.05, 0) is 37.7 Å². The molecule has 2 saturated heterocycles. The summed E-state index contributed by atoms with van der Waals surface area (Å²) in [7, 11) is 0. The topological polar surface area (TPSA) is 325 Å². The molecule has 1 aliphatic carbocycles. The molecular weight excluding hydrogens is 796 g/mol. The van der Waals surface area contributed by atoms with Gasteiger partial charge in [-0.2, -0.15) is 0 Å². The van der Waals surface area contributed by atoms with Crippen molar-refractivity contribution in [1.29, 1.82) is 0 Å². The number of nitrogens with two attached hydrogens (primary N) is 1. The van der Waals surface area contributed by atoms with E-state index in [0.29, 0.717) is 17.1 Å². The molecule has 6 heterocycles. The molecule has 19 nitrogen and oxygen atoms in total. The van der Waals surface area contributed by atoms with Gasteiger partial charge in [-0.1, -0.05) is 13.8 Å². The average Bonchev–Trinajstić information content (AvgIpc) is 3.83. The van der Waals surface area contributed by atoms with Crippen molar-refractivity contribution in [2.75, 3.05) is 0 Å². The van der Waals surface area contributed by atoms with E-state index in [0.717, 1.165) is 0 Å². The number of Topliss-reactive ketones (excluding diaryl/α,β-unsaturated/α-hetero) is 1. The van der Waals surface area contributed by atoms with E-state index in [1.54, 1.807) is 13.0 Å². The van der Waals surface area contributed by atoms with Crippen LogP contribution in [0.25, 0.3) is 0 Å². The molecule has 3 fully saturated rings. The molecule has 19 heteroatoms. The number of aliphatic carboxylic acids is 5. The number of fused-ring (bicyclic) bond motifs is 4. The Labute approximate surface area is 350 Å². The first-order chi connectivity index (χ1) is 28.7. The second-order valence-corrected chi connectivity index (χ2v) is 18.4. The number of carboxylic acid groups (broad SMARTS) is 5. The van der Waals surface area contributed by atoms with Crippen molar-refractivity contribution >= 4 is 64.6 Å². The Morgan fingerprint density at radius 2 is 1.48 bits per heavy atom. The summed E-state index contributed by atoms with van der Waals surface area (Å²) in [6.07, 6.45) is -0.169. The first kappa shape index (κ1) is 43.3. The quantitative estimate of drug-likeness (QED) is 0.117. The third-order valence-corrected chi connectivity index (χ3v) is 14.8. The minimum absolute atomic E-state index is 0.00832. The summed E-state index contributed by atoms with van der Waals surface area (Å²) in [4.78, 5) is 117. The van der Waals surface area contributed by atoms with Crippen LogP contribution >= 0.6 is 0 Å². The Kier molecular flexibility index (Phi) is 11.3. The van der Waals surface area contributed by atoms with E-state index < -0.39 is 106 Å². The van der Waals surface area contributed by atoms with E-state index in [9.17, 15) is 63.9 Å². The monoisotopic (exact) mass is 848 g/mol. The lowest BCUT2D eigenvalue weighted by Gasteiger charge is -2.42. The molecule has 61 heavy (non-hydrogen) atoms. The second-order valence-electron chi connectivity index (χ2n) is 18.4. The van der Waals surface area contributed by atoms with Crippen LogP contribution in [0.1, 0.15) is 104 Å². The number of nitrogens with zero attached hydrogens (tertiary/aromatic N) is 3. The minimum atomic E-state index is -1.34. The summed E-state index contributed by atoms with van der Waals surface area (Å²) in [6, 6.07) is -1.54. The number of ketones is 1. The first-order valence-corrected chi connectivity index (χ1v) is 20.9.